The Morgan fingerprint density at radius 3 is 2.50 bits per heavy atom. The second-order valence-electron chi connectivity index (χ2n) is 8.86. The number of hydrogen-bond donors (Lipinski definition) is 1. The summed E-state index contributed by atoms with van der Waals surface area (Å²) in [5, 5.41) is 15.8. The van der Waals surface area contributed by atoms with Gasteiger partial charge in [0.2, 0.25) is 0 Å². The van der Waals surface area contributed by atoms with Crippen LogP contribution in [0.5, 0.6) is 5.75 Å². The van der Waals surface area contributed by atoms with Crippen LogP contribution in [0, 0.1) is 20.8 Å². The molecule has 0 amide bonds. The Morgan fingerprint density at radius 2 is 1.88 bits per heavy atom. The Labute approximate surface area is 198 Å². The molecule has 0 saturated heterocycles. The number of ether oxygens (including phenoxy) is 1. The van der Waals surface area contributed by atoms with Gasteiger partial charge in [-0.15, -0.1) is 0 Å². The third kappa shape index (κ3) is 3.76. The first-order valence-electron chi connectivity index (χ1n) is 11.5. The molecule has 2 heterocycles. The summed E-state index contributed by atoms with van der Waals surface area (Å²) < 4.78 is 10.8. The van der Waals surface area contributed by atoms with Gasteiger partial charge in [-0.25, -0.2) is 9.48 Å². The molecule has 5 rings (SSSR count). The van der Waals surface area contributed by atoms with Gasteiger partial charge in [0.1, 0.15) is 12.4 Å². The number of nitrogens with zero attached hydrogens (tertiary/aromatic N) is 6. The zero-order valence-corrected chi connectivity index (χ0v) is 20.2. The molecule has 9 heteroatoms. The molecule has 1 N–H and O–H groups in total. The molecule has 1 aliphatic rings. The lowest BCUT2D eigenvalue weighted by atomic mass is 10.0. The molecule has 1 aliphatic carbocycles. The number of anilines is 1. The van der Waals surface area contributed by atoms with Crippen LogP contribution in [-0.4, -0.2) is 36.6 Å². The van der Waals surface area contributed by atoms with E-state index in [1.54, 1.807) is 7.05 Å². The van der Waals surface area contributed by atoms with Gasteiger partial charge in [-0.2, -0.15) is 14.5 Å². The van der Waals surface area contributed by atoms with Gasteiger partial charge in [-0.3, -0.25) is 0 Å². The number of benzene rings is 2. The summed E-state index contributed by atoms with van der Waals surface area (Å²) in [4.78, 5) is 12.5. The molecular weight excluding hydrogens is 430 g/mol. The Bertz CT molecular complexity index is 1430. The lowest BCUT2D eigenvalue weighted by Gasteiger charge is -2.16. The van der Waals surface area contributed by atoms with E-state index in [0.29, 0.717) is 12.5 Å². The average Bonchev–Trinajstić information content (AvgIpc) is 3.56. The highest BCUT2D eigenvalue weighted by molar-refractivity contribution is 5.55. The fraction of sp³-hybridized carbons (Fsp3) is 0.360. The molecule has 2 aromatic carbocycles. The van der Waals surface area contributed by atoms with Crippen LogP contribution < -0.4 is 15.7 Å². The molecule has 0 aliphatic heterocycles. The van der Waals surface area contributed by atoms with Crippen LogP contribution in [0.3, 0.4) is 0 Å². The molecule has 0 atom stereocenters. The fourth-order valence-corrected chi connectivity index (χ4v) is 4.52. The maximum Gasteiger partial charge on any atom is 0.368 e. The van der Waals surface area contributed by atoms with E-state index in [4.69, 9.17) is 4.74 Å². The van der Waals surface area contributed by atoms with E-state index in [2.05, 4.69) is 39.9 Å². The number of rotatable bonds is 7. The van der Waals surface area contributed by atoms with Crippen molar-refractivity contribution in [1.82, 2.24) is 29.6 Å². The molecule has 1 saturated carbocycles. The summed E-state index contributed by atoms with van der Waals surface area (Å²) in [6.07, 6.45) is 2.30. The Morgan fingerprint density at radius 1 is 1.09 bits per heavy atom. The zero-order valence-electron chi connectivity index (χ0n) is 20.2. The maximum atomic E-state index is 12.5. The fourth-order valence-electron chi connectivity index (χ4n) is 4.52. The van der Waals surface area contributed by atoms with Crippen molar-refractivity contribution < 1.29 is 4.74 Å². The lowest BCUT2D eigenvalue weighted by Crippen LogP contribution is -2.23. The highest BCUT2D eigenvalue weighted by Gasteiger charge is 2.28. The minimum atomic E-state index is -0.277. The second kappa shape index (κ2) is 8.48. The minimum absolute atomic E-state index is 0.277. The molecule has 0 spiro atoms. The number of hydrogen-bond acceptors (Lipinski definition) is 6. The Balaban J connectivity index is 1.46. The normalized spacial score (nSPS) is 13.3. The summed E-state index contributed by atoms with van der Waals surface area (Å²) in [5.74, 6) is 1.30. The van der Waals surface area contributed by atoms with Gasteiger partial charge in [0.05, 0.1) is 28.5 Å². The first-order valence-corrected chi connectivity index (χ1v) is 11.5. The molecule has 34 heavy (non-hydrogen) atoms. The minimum Gasteiger partial charge on any atom is -0.489 e. The van der Waals surface area contributed by atoms with Crippen LogP contribution in [0.15, 0.2) is 41.2 Å². The number of nitrogens with one attached hydrogen (secondary N) is 1. The molecule has 0 bridgehead atoms. The van der Waals surface area contributed by atoms with Crippen molar-refractivity contribution in [3.8, 4) is 17.1 Å². The van der Waals surface area contributed by atoms with Gasteiger partial charge in [0.25, 0.3) is 0 Å². The van der Waals surface area contributed by atoms with Gasteiger partial charge in [0, 0.05) is 19.7 Å². The zero-order chi connectivity index (χ0) is 24.0. The van der Waals surface area contributed by atoms with Crippen LogP contribution in [0.1, 0.15) is 46.8 Å². The van der Waals surface area contributed by atoms with Gasteiger partial charge >= 0.3 is 5.69 Å². The molecular formula is C25H29N7O2. The van der Waals surface area contributed by atoms with Crippen molar-refractivity contribution in [3.05, 3.63) is 75.0 Å². The van der Waals surface area contributed by atoms with Crippen LogP contribution >= 0.6 is 0 Å². The number of aryl methyl sites for hydroxylation is 3. The molecule has 0 radical (unpaired) electrons. The van der Waals surface area contributed by atoms with Crippen molar-refractivity contribution >= 4 is 5.69 Å². The van der Waals surface area contributed by atoms with Crippen molar-refractivity contribution in [2.24, 2.45) is 7.05 Å². The summed E-state index contributed by atoms with van der Waals surface area (Å²) in [7, 11) is 3.51. The Kier molecular flexibility index (Phi) is 5.47. The monoisotopic (exact) mass is 459 g/mol. The average molecular weight is 460 g/mol. The van der Waals surface area contributed by atoms with Crippen molar-refractivity contribution in [1.29, 1.82) is 0 Å². The van der Waals surface area contributed by atoms with E-state index < -0.39 is 0 Å². The molecule has 0 unspecified atom stereocenters. The van der Waals surface area contributed by atoms with Crippen LogP contribution in [-0.2, 0) is 13.7 Å². The molecule has 176 valence electrons. The summed E-state index contributed by atoms with van der Waals surface area (Å²) in [5.41, 5.74) is 7.70. The molecule has 1 fully saturated rings. The standard InChI is InChI=1S/C25H29N7O2/c1-15-13-19(31-17(3)24(26-4)16(2)27-31)11-12-23(15)34-14-21-20(18-9-10-18)7-6-8-22(21)32-25(33)30(5)28-29-32/h6-8,11-13,18,26H,9-10,14H2,1-5H3. The van der Waals surface area contributed by atoms with E-state index in [1.165, 1.54) is 14.9 Å². The largest absolute Gasteiger partial charge is 0.489 e. The topological polar surface area (TPSA) is 91.8 Å². The quantitative estimate of drug-likeness (QED) is 0.454. The summed E-state index contributed by atoms with van der Waals surface area (Å²) in [6.45, 7) is 6.42. The highest BCUT2D eigenvalue weighted by atomic mass is 16.5. The van der Waals surface area contributed by atoms with Crippen LogP contribution in [0.25, 0.3) is 11.4 Å². The SMILES string of the molecule is CNc1c(C)nn(-c2ccc(OCc3c(C4CC4)cccc3-n3nnn(C)c3=O)c(C)c2)c1C. The number of aromatic nitrogens is 6. The van der Waals surface area contributed by atoms with E-state index >= 15 is 0 Å². The van der Waals surface area contributed by atoms with Crippen molar-refractivity contribution in [2.75, 3.05) is 12.4 Å². The van der Waals surface area contributed by atoms with E-state index in [9.17, 15) is 4.79 Å². The van der Waals surface area contributed by atoms with Crippen molar-refractivity contribution in [2.45, 2.75) is 46.1 Å². The van der Waals surface area contributed by atoms with Gasteiger partial charge in [-0.1, -0.05) is 12.1 Å². The van der Waals surface area contributed by atoms with Gasteiger partial charge in [-0.05, 0) is 85.3 Å². The lowest BCUT2D eigenvalue weighted by molar-refractivity contribution is 0.302. The van der Waals surface area contributed by atoms with Crippen molar-refractivity contribution in [3.63, 3.8) is 0 Å². The third-order valence-electron chi connectivity index (χ3n) is 6.47. The van der Waals surface area contributed by atoms with Crippen LogP contribution in [0.2, 0.25) is 0 Å². The Hall–Kier alpha value is -3.88. The van der Waals surface area contributed by atoms with Gasteiger partial charge in [0.15, 0.2) is 0 Å². The number of tetrazole rings is 1. The van der Waals surface area contributed by atoms with Crippen LogP contribution in [0.4, 0.5) is 5.69 Å². The summed E-state index contributed by atoms with van der Waals surface area (Å²) >= 11 is 0. The predicted molar refractivity (Wildman–Crippen MR) is 130 cm³/mol. The summed E-state index contributed by atoms with van der Waals surface area (Å²) in [6, 6.07) is 12.1. The third-order valence-corrected chi connectivity index (χ3v) is 6.47. The van der Waals surface area contributed by atoms with E-state index in [1.807, 2.05) is 49.8 Å². The predicted octanol–water partition coefficient (Wildman–Crippen LogP) is 3.58. The first-order chi connectivity index (χ1) is 16.4. The van der Waals surface area contributed by atoms with E-state index in [-0.39, 0.29) is 5.69 Å². The smallest absolute Gasteiger partial charge is 0.368 e. The molecule has 2 aromatic heterocycles. The second-order valence-corrected chi connectivity index (χ2v) is 8.86. The highest BCUT2D eigenvalue weighted by Crippen LogP contribution is 2.43. The van der Waals surface area contributed by atoms with Gasteiger partial charge < -0.3 is 10.1 Å². The first kappa shape index (κ1) is 21.9. The molecule has 9 nitrogen and oxygen atoms in total. The molecule has 4 aromatic rings. The maximum absolute atomic E-state index is 12.5. The van der Waals surface area contributed by atoms with E-state index in [0.717, 1.165) is 58.2 Å².